The van der Waals surface area contributed by atoms with Gasteiger partial charge in [-0.3, -0.25) is 4.79 Å². The third-order valence-electron chi connectivity index (χ3n) is 4.68. The number of hydrogen-bond donors (Lipinski definition) is 2. The summed E-state index contributed by atoms with van der Waals surface area (Å²) in [6.07, 6.45) is 10.6. The van der Waals surface area contributed by atoms with Gasteiger partial charge in [0.2, 0.25) is 0 Å². The van der Waals surface area contributed by atoms with E-state index in [1.165, 1.54) is 30.6 Å². The van der Waals surface area contributed by atoms with E-state index in [2.05, 4.69) is 19.2 Å². The maximum absolute atomic E-state index is 12.0. The van der Waals surface area contributed by atoms with Crippen molar-refractivity contribution in [2.75, 3.05) is 40.8 Å². The number of carbonyl (C=O) groups excluding carboxylic acids is 2. The zero-order valence-electron chi connectivity index (χ0n) is 18.2. The van der Waals surface area contributed by atoms with Crippen LogP contribution in [0.4, 0.5) is 4.79 Å². The van der Waals surface area contributed by atoms with Crippen LogP contribution in [0.25, 0.3) is 0 Å². The molecule has 1 saturated carbocycles. The number of nitrogens with two attached hydrogens (primary N) is 1. The Morgan fingerprint density at radius 2 is 1.89 bits per heavy atom. The number of amides is 2. The summed E-state index contributed by atoms with van der Waals surface area (Å²) in [5.41, 5.74) is 5.98. The van der Waals surface area contributed by atoms with E-state index in [-0.39, 0.29) is 6.03 Å². The molecule has 158 valence electrons. The van der Waals surface area contributed by atoms with Crippen LogP contribution in [0.2, 0.25) is 0 Å². The summed E-state index contributed by atoms with van der Waals surface area (Å²) in [6, 6.07) is -0.344. The van der Waals surface area contributed by atoms with Gasteiger partial charge in [-0.25, -0.2) is 4.79 Å². The summed E-state index contributed by atoms with van der Waals surface area (Å²) in [7, 11) is 5.66. The molecule has 0 aromatic heterocycles. The molecule has 0 aromatic rings. The maximum atomic E-state index is 12.0. The topological polar surface area (TPSA) is 78.7 Å². The van der Waals surface area contributed by atoms with Crippen LogP contribution in [0.3, 0.4) is 0 Å². The van der Waals surface area contributed by atoms with Gasteiger partial charge in [0.05, 0.1) is 0 Å². The van der Waals surface area contributed by atoms with Crippen molar-refractivity contribution in [2.24, 2.45) is 11.7 Å². The summed E-state index contributed by atoms with van der Waals surface area (Å²) in [5.74, 6) is 0.974. The molecule has 1 atom stereocenters. The smallest absolute Gasteiger partial charge is 0.314 e. The highest BCUT2D eigenvalue weighted by atomic mass is 16.2. The molecule has 27 heavy (non-hydrogen) atoms. The van der Waals surface area contributed by atoms with E-state index < -0.39 is 0 Å². The highest BCUT2D eigenvalue weighted by molar-refractivity contribution is 5.96. The number of hydrogen-bond acceptors (Lipinski definition) is 4. The quantitative estimate of drug-likeness (QED) is 0.448. The molecule has 0 aliphatic heterocycles. The van der Waals surface area contributed by atoms with Crippen molar-refractivity contribution in [3.05, 3.63) is 11.8 Å². The van der Waals surface area contributed by atoms with Crippen molar-refractivity contribution in [3.63, 3.8) is 0 Å². The molecule has 1 aliphatic carbocycles. The maximum Gasteiger partial charge on any atom is 0.314 e. The summed E-state index contributed by atoms with van der Waals surface area (Å²) >= 11 is 0. The molecule has 2 amide bonds. The third kappa shape index (κ3) is 13.3. The Morgan fingerprint density at radius 3 is 2.41 bits per heavy atom. The number of nitrogens with zero attached hydrogens (tertiary/aromatic N) is 2. The minimum absolute atomic E-state index is 0.344. The number of carbonyl (C=O) groups is 2. The van der Waals surface area contributed by atoms with Crippen molar-refractivity contribution in [1.82, 2.24) is 15.1 Å². The van der Waals surface area contributed by atoms with Crippen LogP contribution >= 0.6 is 0 Å². The average Bonchev–Trinajstić information content (AvgIpc) is 2.61. The molecular formula is C21H42N4O2. The van der Waals surface area contributed by atoms with Crippen LogP contribution in [-0.2, 0) is 4.79 Å². The second-order valence-electron chi connectivity index (χ2n) is 7.66. The molecule has 0 bridgehead atoms. The zero-order valence-corrected chi connectivity index (χ0v) is 18.2. The molecule has 1 aliphatic rings. The molecular weight excluding hydrogens is 340 g/mol. The minimum Gasteiger partial charge on any atom is -0.383 e. The lowest BCUT2D eigenvalue weighted by molar-refractivity contribution is -0.117. The second-order valence-corrected chi connectivity index (χ2v) is 7.66. The van der Waals surface area contributed by atoms with Crippen LogP contribution in [0, 0.1) is 5.92 Å². The van der Waals surface area contributed by atoms with Crippen LogP contribution in [-0.4, -0.2) is 62.4 Å². The number of ketones is 1. The van der Waals surface area contributed by atoms with E-state index in [4.69, 9.17) is 5.73 Å². The van der Waals surface area contributed by atoms with Crippen molar-refractivity contribution < 1.29 is 9.59 Å². The van der Waals surface area contributed by atoms with Gasteiger partial charge in [0.15, 0.2) is 5.78 Å². The number of urea groups is 1. The normalized spacial score (nSPS) is 18.0. The van der Waals surface area contributed by atoms with Crippen molar-refractivity contribution in [1.29, 1.82) is 0 Å². The number of allylic oxidation sites excluding steroid dienone is 1. The van der Waals surface area contributed by atoms with E-state index in [1.54, 1.807) is 7.05 Å². The predicted molar refractivity (Wildman–Crippen MR) is 114 cm³/mol. The van der Waals surface area contributed by atoms with E-state index in [0.717, 1.165) is 50.9 Å². The van der Waals surface area contributed by atoms with Crippen LogP contribution in [0.15, 0.2) is 11.8 Å². The molecule has 6 heteroatoms. The van der Waals surface area contributed by atoms with Gasteiger partial charge >= 0.3 is 6.03 Å². The summed E-state index contributed by atoms with van der Waals surface area (Å²) < 4.78 is 0. The first kappa shape index (κ1) is 25.4. The Kier molecular flexibility index (Phi) is 14.6. The van der Waals surface area contributed by atoms with Crippen molar-refractivity contribution in [3.8, 4) is 0 Å². The molecule has 1 fully saturated rings. The highest BCUT2D eigenvalue weighted by Gasteiger charge is 2.23. The fraction of sp³-hybridized carbons (Fsp3) is 0.810. The summed E-state index contributed by atoms with van der Waals surface area (Å²) in [6.45, 7) is 7.24. The van der Waals surface area contributed by atoms with Crippen molar-refractivity contribution >= 4 is 11.8 Å². The zero-order chi connectivity index (χ0) is 20.7. The van der Waals surface area contributed by atoms with E-state index >= 15 is 0 Å². The van der Waals surface area contributed by atoms with Crippen LogP contribution < -0.4 is 11.1 Å². The second kappa shape index (κ2) is 15.5. The largest absolute Gasteiger partial charge is 0.383 e. The SMILES string of the molecule is CCCCN(C)C(N)=O.CCCNCCCC1CC/C(=C\N(C)C)C(=O)C1. The molecule has 0 spiro atoms. The molecule has 3 N–H and O–H groups in total. The van der Waals surface area contributed by atoms with Gasteiger partial charge in [-0.05, 0) is 57.5 Å². The van der Waals surface area contributed by atoms with Gasteiger partial charge in [0, 0.05) is 45.9 Å². The van der Waals surface area contributed by atoms with Gasteiger partial charge in [0.25, 0.3) is 0 Å². The van der Waals surface area contributed by atoms with E-state index in [0.29, 0.717) is 11.7 Å². The lowest BCUT2D eigenvalue weighted by atomic mass is 9.82. The average molecular weight is 383 g/mol. The fourth-order valence-electron chi connectivity index (χ4n) is 3.01. The Labute approximate surface area is 166 Å². The Bertz CT molecular complexity index is 449. The highest BCUT2D eigenvalue weighted by Crippen LogP contribution is 2.28. The summed E-state index contributed by atoms with van der Waals surface area (Å²) in [4.78, 5) is 25.8. The molecule has 6 nitrogen and oxygen atoms in total. The third-order valence-corrected chi connectivity index (χ3v) is 4.68. The van der Waals surface area contributed by atoms with Gasteiger partial charge in [-0.15, -0.1) is 0 Å². The molecule has 0 radical (unpaired) electrons. The first-order valence-electron chi connectivity index (χ1n) is 10.4. The van der Waals surface area contributed by atoms with Gasteiger partial charge < -0.3 is 20.9 Å². The number of primary amides is 1. The van der Waals surface area contributed by atoms with Gasteiger partial charge in [-0.2, -0.15) is 0 Å². The first-order chi connectivity index (χ1) is 12.8. The first-order valence-corrected chi connectivity index (χ1v) is 10.4. The number of nitrogens with one attached hydrogen (secondary N) is 1. The van der Waals surface area contributed by atoms with Gasteiger partial charge in [-0.1, -0.05) is 20.3 Å². The predicted octanol–water partition coefficient (Wildman–Crippen LogP) is 3.38. The van der Waals surface area contributed by atoms with Crippen LogP contribution in [0.1, 0.15) is 65.2 Å². The fourth-order valence-corrected chi connectivity index (χ4v) is 3.01. The monoisotopic (exact) mass is 382 g/mol. The Morgan fingerprint density at radius 1 is 1.19 bits per heavy atom. The van der Waals surface area contributed by atoms with E-state index in [9.17, 15) is 9.59 Å². The van der Waals surface area contributed by atoms with Crippen molar-refractivity contribution in [2.45, 2.75) is 65.2 Å². The molecule has 0 saturated heterocycles. The standard InChI is InChI=1S/C15H28N2O.C6H14N2O/c1-4-9-16-10-5-6-13-7-8-14(12-17(2)3)15(18)11-13;1-3-4-5-8(2)6(7)9/h12-13,16H,4-11H2,1-3H3;3-5H2,1-2H3,(H2,7,9)/b14-12+;. The minimum atomic E-state index is -0.344. The number of rotatable bonds is 10. The number of Topliss-reactive ketones (excluding diaryl/α,β-unsaturated/α-hetero) is 1. The Hall–Kier alpha value is -1.56. The lowest BCUT2D eigenvalue weighted by Gasteiger charge is -2.23. The van der Waals surface area contributed by atoms with Crippen LogP contribution in [0.5, 0.6) is 0 Å². The Balaban J connectivity index is 0.000000636. The van der Waals surface area contributed by atoms with Gasteiger partial charge in [0.1, 0.15) is 0 Å². The van der Waals surface area contributed by atoms with E-state index in [1.807, 2.05) is 25.2 Å². The number of unbranched alkanes of at least 4 members (excludes halogenated alkanes) is 1. The molecule has 0 heterocycles. The lowest BCUT2D eigenvalue weighted by Crippen LogP contribution is -2.32. The molecule has 1 rings (SSSR count). The molecule has 0 aromatic carbocycles. The molecule has 1 unspecified atom stereocenters. The summed E-state index contributed by atoms with van der Waals surface area (Å²) in [5, 5.41) is 3.42.